The second kappa shape index (κ2) is 4.65. The molecule has 86 valence electrons. The lowest BCUT2D eigenvalue weighted by Crippen LogP contribution is -2.09. The van der Waals surface area contributed by atoms with E-state index >= 15 is 0 Å². The molecule has 2 rings (SSSR count). The molecule has 0 amide bonds. The summed E-state index contributed by atoms with van der Waals surface area (Å²) in [5, 5.41) is 3.87. The van der Waals surface area contributed by atoms with Crippen molar-refractivity contribution >= 4 is 11.6 Å². The van der Waals surface area contributed by atoms with Gasteiger partial charge in [-0.2, -0.15) is 5.10 Å². The summed E-state index contributed by atoms with van der Waals surface area (Å²) in [5.74, 6) is -0.610. The number of Topliss-reactive ketones (excluding diaryl/α,β-unsaturated/α-hetero) is 2. The van der Waals surface area contributed by atoms with E-state index in [4.69, 9.17) is 0 Å². The molecule has 0 unspecified atom stereocenters. The number of hydrogen-bond acceptors (Lipinski definition) is 5. The smallest absolute Gasteiger partial charge is 0.190 e. The summed E-state index contributed by atoms with van der Waals surface area (Å²) >= 11 is 0. The molecule has 0 spiro atoms. The monoisotopic (exact) mass is 230 g/mol. The van der Waals surface area contributed by atoms with Crippen LogP contribution < -0.4 is 0 Å². The van der Waals surface area contributed by atoms with E-state index in [1.165, 1.54) is 29.5 Å². The first kappa shape index (κ1) is 11.1. The average molecular weight is 230 g/mol. The zero-order valence-corrected chi connectivity index (χ0v) is 9.20. The Kier molecular flexibility index (Phi) is 3.04. The topological polar surface area (TPSA) is 77.7 Å². The van der Waals surface area contributed by atoms with Gasteiger partial charge in [-0.25, -0.2) is 4.98 Å². The largest absolute Gasteiger partial charge is 0.294 e. The van der Waals surface area contributed by atoms with Gasteiger partial charge in [0.1, 0.15) is 5.69 Å². The van der Waals surface area contributed by atoms with E-state index in [1.54, 1.807) is 13.2 Å². The van der Waals surface area contributed by atoms with Crippen LogP contribution in [0.2, 0.25) is 0 Å². The van der Waals surface area contributed by atoms with Crippen LogP contribution >= 0.6 is 0 Å². The Bertz CT molecular complexity index is 548. The van der Waals surface area contributed by atoms with Gasteiger partial charge in [0.2, 0.25) is 0 Å². The van der Waals surface area contributed by atoms with Crippen LogP contribution in [-0.2, 0) is 7.05 Å². The highest BCUT2D eigenvalue weighted by atomic mass is 16.1. The number of aromatic nitrogens is 4. The van der Waals surface area contributed by atoms with Crippen LogP contribution in [0.3, 0.4) is 0 Å². The summed E-state index contributed by atoms with van der Waals surface area (Å²) in [5.41, 5.74) is 0.620. The van der Waals surface area contributed by atoms with E-state index in [9.17, 15) is 9.59 Å². The summed E-state index contributed by atoms with van der Waals surface area (Å²) in [6, 6.07) is 0. The Labute approximate surface area is 97.3 Å². The first-order chi connectivity index (χ1) is 8.16. The Hall–Kier alpha value is -2.37. The maximum Gasteiger partial charge on any atom is 0.190 e. The predicted octanol–water partition coefficient (Wildman–Crippen LogP) is 0.666. The molecule has 0 saturated heterocycles. The lowest BCUT2D eigenvalue weighted by molar-refractivity contribution is 0.0891. The highest BCUT2D eigenvalue weighted by Gasteiger charge is 2.15. The molecule has 0 aliphatic heterocycles. The van der Waals surface area contributed by atoms with Gasteiger partial charge >= 0.3 is 0 Å². The van der Waals surface area contributed by atoms with Gasteiger partial charge in [-0.3, -0.25) is 19.3 Å². The summed E-state index contributed by atoms with van der Waals surface area (Å²) in [6.07, 6.45) is 7.03. The molecular formula is C11H10N4O2. The average Bonchev–Trinajstić information content (AvgIpc) is 2.77. The number of hydrogen-bond donors (Lipinski definition) is 0. The number of nitrogens with zero attached hydrogens (tertiary/aromatic N) is 4. The van der Waals surface area contributed by atoms with E-state index in [-0.39, 0.29) is 23.7 Å². The molecule has 2 heterocycles. The minimum Gasteiger partial charge on any atom is -0.294 e. The Balaban J connectivity index is 2.07. The number of aryl methyl sites for hydroxylation is 1. The van der Waals surface area contributed by atoms with E-state index in [0.29, 0.717) is 5.56 Å². The summed E-state index contributed by atoms with van der Waals surface area (Å²) < 4.78 is 1.51. The molecule has 6 heteroatoms. The van der Waals surface area contributed by atoms with Crippen LogP contribution in [0.1, 0.15) is 27.3 Å². The number of carbonyl (C=O) groups excluding carboxylic acids is 2. The quantitative estimate of drug-likeness (QED) is 0.569. The molecule has 0 bridgehead atoms. The van der Waals surface area contributed by atoms with Crippen LogP contribution in [0.4, 0.5) is 0 Å². The van der Waals surface area contributed by atoms with Crippen molar-refractivity contribution in [3.63, 3.8) is 0 Å². The molecule has 6 nitrogen and oxygen atoms in total. The van der Waals surface area contributed by atoms with Gasteiger partial charge in [0.15, 0.2) is 11.6 Å². The standard InChI is InChI=1S/C11H10N4O2/c1-15-7-8(5-14-15)10(16)4-11(17)9-6-12-2-3-13-9/h2-3,5-7H,4H2,1H3. The lowest BCUT2D eigenvalue weighted by Gasteiger charge is -1.97. The molecule has 0 aliphatic rings. The number of rotatable bonds is 4. The fraction of sp³-hybridized carbons (Fsp3) is 0.182. The third-order valence-corrected chi connectivity index (χ3v) is 2.20. The van der Waals surface area contributed by atoms with Gasteiger partial charge in [0, 0.05) is 25.6 Å². The van der Waals surface area contributed by atoms with Gasteiger partial charge in [-0.1, -0.05) is 0 Å². The highest BCUT2D eigenvalue weighted by molar-refractivity contribution is 6.12. The summed E-state index contributed by atoms with van der Waals surface area (Å²) in [6.45, 7) is 0. The molecule has 0 radical (unpaired) electrons. The number of carbonyl (C=O) groups is 2. The van der Waals surface area contributed by atoms with Crippen molar-refractivity contribution in [2.24, 2.45) is 7.05 Å². The Morgan fingerprint density at radius 3 is 2.65 bits per heavy atom. The predicted molar refractivity (Wildman–Crippen MR) is 58.5 cm³/mol. The van der Waals surface area contributed by atoms with Crippen LogP contribution in [0.25, 0.3) is 0 Å². The molecule has 0 saturated carbocycles. The normalized spacial score (nSPS) is 10.2. The SMILES string of the molecule is Cn1cc(C(=O)CC(=O)c2cnccn2)cn1. The Morgan fingerprint density at radius 2 is 2.06 bits per heavy atom. The first-order valence-corrected chi connectivity index (χ1v) is 4.98. The molecule has 0 N–H and O–H groups in total. The van der Waals surface area contributed by atoms with E-state index in [1.807, 2.05) is 0 Å². The van der Waals surface area contributed by atoms with Crippen molar-refractivity contribution in [1.29, 1.82) is 0 Å². The molecular weight excluding hydrogens is 220 g/mol. The van der Waals surface area contributed by atoms with Gasteiger partial charge in [-0.05, 0) is 0 Å². The van der Waals surface area contributed by atoms with Crippen LogP contribution in [-0.4, -0.2) is 31.3 Å². The summed E-state index contributed by atoms with van der Waals surface area (Å²) in [7, 11) is 1.71. The van der Waals surface area contributed by atoms with Gasteiger partial charge < -0.3 is 0 Å². The minimum atomic E-state index is -0.341. The van der Waals surface area contributed by atoms with Crippen molar-refractivity contribution in [2.45, 2.75) is 6.42 Å². The summed E-state index contributed by atoms with van der Waals surface area (Å²) in [4.78, 5) is 31.0. The fourth-order valence-electron chi connectivity index (χ4n) is 1.35. The Morgan fingerprint density at radius 1 is 1.24 bits per heavy atom. The first-order valence-electron chi connectivity index (χ1n) is 4.98. The zero-order chi connectivity index (χ0) is 12.3. The zero-order valence-electron chi connectivity index (χ0n) is 9.20. The third kappa shape index (κ3) is 2.60. The van der Waals surface area contributed by atoms with Crippen molar-refractivity contribution in [1.82, 2.24) is 19.7 Å². The number of ketones is 2. The van der Waals surface area contributed by atoms with Crippen LogP contribution in [0, 0.1) is 0 Å². The van der Waals surface area contributed by atoms with E-state index < -0.39 is 0 Å². The molecule has 0 aliphatic carbocycles. The highest BCUT2D eigenvalue weighted by Crippen LogP contribution is 2.05. The third-order valence-electron chi connectivity index (χ3n) is 2.20. The molecule has 2 aromatic heterocycles. The molecule has 2 aromatic rings. The maximum atomic E-state index is 11.7. The minimum absolute atomic E-state index is 0.199. The van der Waals surface area contributed by atoms with Gasteiger partial charge in [-0.15, -0.1) is 0 Å². The lowest BCUT2D eigenvalue weighted by atomic mass is 10.1. The van der Waals surface area contributed by atoms with E-state index in [2.05, 4.69) is 15.1 Å². The van der Waals surface area contributed by atoms with Gasteiger partial charge in [0.25, 0.3) is 0 Å². The van der Waals surface area contributed by atoms with Crippen LogP contribution in [0.15, 0.2) is 31.0 Å². The molecule has 0 aromatic carbocycles. The maximum absolute atomic E-state index is 11.7. The second-order valence-electron chi connectivity index (χ2n) is 3.52. The van der Waals surface area contributed by atoms with E-state index in [0.717, 1.165) is 0 Å². The molecule has 0 atom stereocenters. The fourth-order valence-corrected chi connectivity index (χ4v) is 1.35. The molecule has 0 fully saturated rings. The van der Waals surface area contributed by atoms with Crippen molar-refractivity contribution < 1.29 is 9.59 Å². The van der Waals surface area contributed by atoms with Crippen LogP contribution in [0.5, 0.6) is 0 Å². The van der Waals surface area contributed by atoms with Crippen molar-refractivity contribution in [3.8, 4) is 0 Å². The van der Waals surface area contributed by atoms with Crippen molar-refractivity contribution in [2.75, 3.05) is 0 Å². The molecule has 17 heavy (non-hydrogen) atoms. The van der Waals surface area contributed by atoms with Gasteiger partial charge in [0.05, 0.1) is 24.4 Å². The van der Waals surface area contributed by atoms with Crippen molar-refractivity contribution in [3.05, 3.63) is 42.2 Å². The second-order valence-corrected chi connectivity index (χ2v) is 3.52.